The van der Waals surface area contributed by atoms with Crippen molar-refractivity contribution in [3.05, 3.63) is 107 Å². The summed E-state index contributed by atoms with van der Waals surface area (Å²) in [6.45, 7) is 2.04. The van der Waals surface area contributed by atoms with E-state index in [4.69, 9.17) is 9.47 Å². The molecule has 0 unspecified atom stereocenters. The molecule has 0 bridgehead atoms. The lowest BCUT2D eigenvalue weighted by Gasteiger charge is -2.19. The molecular weight excluding hydrogens is 683 g/mol. The largest absolute Gasteiger partial charge is 0.453 e. The second-order valence-corrected chi connectivity index (χ2v) is 12.5. The second kappa shape index (κ2) is 12.2. The summed E-state index contributed by atoms with van der Waals surface area (Å²) in [6, 6.07) is 16.0. The van der Waals surface area contributed by atoms with Crippen LogP contribution in [0.15, 0.2) is 80.2 Å². The van der Waals surface area contributed by atoms with Gasteiger partial charge >= 0.3 is 0 Å². The Balaban J connectivity index is 1.48. The summed E-state index contributed by atoms with van der Waals surface area (Å²) in [6.07, 6.45) is 0. The van der Waals surface area contributed by atoms with E-state index in [1.165, 1.54) is 12.1 Å². The van der Waals surface area contributed by atoms with Gasteiger partial charge in [0.25, 0.3) is 0 Å². The lowest BCUT2D eigenvalue weighted by molar-refractivity contribution is 0.386. The first kappa shape index (κ1) is 32.4. The zero-order valence-electron chi connectivity index (χ0n) is 23.6. The Bertz CT molecular complexity index is 2030. The van der Waals surface area contributed by atoms with Gasteiger partial charge in [0.1, 0.15) is 17.3 Å². The van der Waals surface area contributed by atoms with E-state index >= 15 is 26.3 Å². The fourth-order valence-corrected chi connectivity index (χ4v) is 6.18. The predicted octanol–water partition coefficient (Wildman–Crippen LogP) is 11.9. The predicted molar refractivity (Wildman–Crippen MR) is 178 cm³/mol. The maximum Gasteiger partial charge on any atom is 0.205 e. The van der Waals surface area contributed by atoms with Crippen molar-refractivity contribution in [2.45, 2.75) is 33.4 Å². The minimum absolute atomic E-state index is 0.0220. The van der Waals surface area contributed by atoms with Gasteiger partial charge in [0.15, 0.2) is 23.2 Å². The number of fused-ring (bicyclic) bond motifs is 2. The van der Waals surface area contributed by atoms with Crippen LogP contribution in [0, 0.1) is 48.8 Å². The third-order valence-electron chi connectivity index (χ3n) is 7.46. The van der Waals surface area contributed by atoms with Crippen LogP contribution >= 0.6 is 50.5 Å². The minimum atomic E-state index is -1.91. The summed E-state index contributed by atoms with van der Waals surface area (Å²) < 4.78 is 105. The Kier molecular flexibility index (Phi) is 8.60. The van der Waals surface area contributed by atoms with Gasteiger partial charge in [-0.2, -0.15) is 8.78 Å². The first-order valence-corrected chi connectivity index (χ1v) is 15.2. The molecule has 0 aromatic heterocycles. The maximum atomic E-state index is 15.9. The molecule has 0 aliphatic heterocycles. The lowest BCUT2D eigenvalue weighted by atomic mass is 9.95. The molecule has 0 heterocycles. The topological polar surface area (TPSA) is 18.5 Å². The molecule has 0 atom stereocenters. The molecule has 0 amide bonds. The Morgan fingerprint density at radius 2 is 0.870 bits per heavy atom. The Hall–Kier alpha value is -3.58. The van der Waals surface area contributed by atoms with E-state index in [-0.39, 0.29) is 11.5 Å². The average molecular weight is 703 g/mol. The van der Waals surface area contributed by atoms with E-state index in [0.29, 0.717) is 41.1 Å². The molecule has 0 fully saturated rings. The average Bonchev–Trinajstić information content (AvgIpc) is 3.00. The number of rotatable bonds is 5. The number of hydrogen-bond donors (Lipinski definition) is 4. The van der Waals surface area contributed by atoms with Crippen molar-refractivity contribution in [3.8, 4) is 34.1 Å². The van der Waals surface area contributed by atoms with Gasteiger partial charge in [0.05, 0.1) is 5.56 Å². The van der Waals surface area contributed by atoms with Crippen LogP contribution in [0.4, 0.5) is 26.3 Å². The van der Waals surface area contributed by atoms with Crippen LogP contribution in [0.3, 0.4) is 0 Å². The molecule has 0 N–H and O–H groups in total. The highest BCUT2D eigenvalue weighted by Crippen LogP contribution is 2.45. The standard InChI is InChI=1S/C34H20F6O2S4/c1-13-25(29(37)32(40)34(28(13)36)42-24-12-20(46)10-16-8-18(44)4-6-22(16)24)26-27(35)14(2)33(31(39)30(26)38)41-23-11-19(45)9-15-7-17(43)3-5-21(15)23/h3-12,43-46H,1-2H3. The Morgan fingerprint density at radius 1 is 0.435 bits per heavy atom. The number of benzene rings is 6. The van der Waals surface area contributed by atoms with Crippen molar-refractivity contribution in [2.75, 3.05) is 0 Å². The van der Waals surface area contributed by atoms with E-state index in [1.54, 1.807) is 48.5 Å². The molecule has 234 valence electrons. The molecule has 12 heteroatoms. The highest BCUT2D eigenvalue weighted by Gasteiger charge is 2.33. The van der Waals surface area contributed by atoms with Crippen molar-refractivity contribution in [3.63, 3.8) is 0 Å². The fourth-order valence-electron chi connectivity index (χ4n) is 5.24. The summed E-state index contributed by atoms with van der Waals surface area (Å²) in [5, 5.41) is 2.05. The van der Waals surface area contributed by atoms with Crippen LogP contribution in [0.5, 0.6) is 23.0 Å². The highest BCUT2D eigenvalue weighted by atomic mass is 32.1. The Labute approximate surface area is 281 Å². The van der Waals surface area contributed by atoms with E-state index in [9.17, 15) is 0 Å². The quantitative estimate of drug-likeness (QED) is 0.0814. The first-order valence-electron chi connectivity index (χ1n) is 13.4. The van der Waals surface area contributed by atoms with Crippen molar-refractivity contribution in [1.82, 2.24) is 0 Å². The number of ether oxygens (including phenoxy) is 2. The van der Waals surface area contributed by atoms with Crippen LogP contribution in [-0.2, 0) is 0 Å². The molecule has 2 nitrogen and oxygen atoms in total. The smallest absolute Gasteiger partial charge is 0.205 e. The summed E-state index contributed by atoms with van der Waals surface area (Å²) in [5.74, 6) is -12.3. The summed E-state index contributed by atoms with van der Waals surface area (Å²) in [5.41, 5.74) is -3.75. The molecule has 6 aromatic rings. The van der Waals surface area contributed by atoms with Gasteiger partial charge in [-0.3, -0.25) is 0 Å². The zero-order valence-corrected chi connectivity index (χ0v) is 27.2. The zero-order chi connectivity index (χ0) is 33.2. The van der Waals surface area contributed by atoms with E-state index in [1.807, 2.05) is 0 Å². The Morgan fingerprint density at radius 3 is 1.39 bits per heavy atom. The van der Waals surface area contributed by atoms with Crippen molar-refractivity contribution >= 4 is 72.1 Å². The third kappa shape index (κ3) is 5.55. The molecule has 0 aliphatic carbocycles. The number of halogens is 6. The van der Waals surface area contributed by atoms with Gasteiger partial charge < -0.3 is 9.47 Å². The summed E-state index contributed by atoms with van der Waals surface area (Å²) in [7, 11) is 0. The van der Waals surface area contributed by atoms with E-state index < -0.39 is 68.7 Å². The maximum absolute atomic E-state index is 15.9. The van der Waals surface area contributed by atoms with Crippen molar-refractivity contribution < 1.29 is 35.8 Å². The second-order valence-electron chi connectivity index (χ2n) is 10.4. The molecule has 6 aromatic carbocycles. The van der Waals surface area contributed by atoms with Gasteiger partial charge in [0.2, 0.25) is 17.4 Å². The van der Waals surface area contributed by atoms with Gasteiger partial charge in [0, 0.05) is 41.5 Å². The molecule has 0 radical (unpaired) electrons. The van der Waals surface area contributed by atoms with Crippen molar-refractivity contribution in [1.29, 1.82) is 0 Å². The number of thiol groups is 4. The molecule has 46 heavy (non-hydrogen) atoms. The van der Waals surface area contributed by atoms with Gasteiger partial charge in [-0.1, -0.05) is 0 Å². The van der Waals surface area contributed by atoms with Gasteiger partial charge in [-0.05, 0) is 90.8 Å². The fraction of sp³-hybridized carbons (Fsp3) is 0.0588. The first-order chi connectivity index (χ1) is 21.8. The summed E-state index contributed by atoms with van der Waals surface area (Å²) in [4.78, 5) is 1.99. The number of hydrogen-bond acceptors (Lipinski definition) is 6. The molecule has 0 aliphatic rings. The molecule has 0 saturated heterocycles. The van der Waals surface area contributed by atoms with E-state index in [0.717, 1.165) is 13.8 Å². The third-order valence-corrected chi connectivity index (χ3v) is 8.53. The van der Waals surface area contributed by atoms with E-state index in [2.05, 4.69) is 50.5 Å². The normalized spacial score (nSPS) is 11.5. The van der Waals surface area contributed by atoms with Crippen LogP contribution in [-0.4, -0.2) is 0 Å². The van der Waals surface area contributed by atoms with Crippen LogP contribution in [0.2, 0.25) is 0 Å². The van der Waals surface area contributed by atoms with Gasteiger partial charge in [-0.25, -0.2) is 17.6 Å². The molecule has 0 spiro atoms. The molecular formula is C34H20F6O2S4. The summed E-state index contributed by atoms with van der Waals surface area (Å²) >= 11 is 17.2. The van der Waals surface area contributed by atoms with Crippen LogP contribution in [0.25, 0.3) is 32.7 Å². The highest BCUT2D eigenvalue weighted by molar-refractivity contribution is 7.80. The van der Waals surface area contributed by atoms with Crippen molar-refractivity contribution in [2.24, 2.45) is 0 Å². The SMILES string of the molecule is Cc1c(F)c(-c2c(C)c(F)c(Oc3cc(S)cc4cc(S)ccc34)c(F)c2F)c(F)c(F)c1Oc1cc(S)cc2cc(S)ccc12. The van der Waals surface area contributed by atoms with Crippen LogP contribution < -0.4 is 9.47 Å². The molecule has 6 rings (SSSR count). The van der Waals surface area contributed by atoms with Crippen LogP contribution in [0.1, 0.15) is 11.1 Å². The lowest BCUT2D eigenvalue weighted by Crippen LogP contribution is -2.08. The minimum Gasteiger partial charge on any atom is -0.453 e. The monoisotopic (exact) mass is 702 g/mol. The molecule has 0 saturated carbocycles. The van der Waals surface area contributed by atoms with Gasteiger partial charge in [-0.15, -0.1) is 50.5 Å².